The minimum atomic E-state index is -1.61. The summed E-state index contributed by atoms with van der Waals surface area (Å²) in [7, 11) is 0. The molecule has 0 fully saturated rings. The molecule has 0 heterocycles. The number of aliphatic imine (C=N–C) groups is 1. The van der Waals surface area contributed by atoms with Gasteiger partial charge in [0.15, 0.2) is 5.96 Å². The monoisotopic (exact) mass is 816 g/mol. The molecule has 0 saturated heterocycles. The van der Waals surface area contributed by atoms with E-state index in [1.165, 1.54) is 0 Å². The lowest BCUT2D eigenvalue weighted by atomic mass is 10.0. The number of guanidine groups is 1. The molecule has 0 spiro atoms. The fourth-order valence-electron chi connectivity index (χ4n) is 5.79. The third-order valence-electron chi connectivity index (χ3n) is 8.89. The van der Waals surface area contributed by atoms with Gasteiger partial charge in [-0.05, 0) is 35.6 Å². The molecule has 3 aromatic carbocycles. The lowest BCUT2D eigenvalue weighted by Gasteiger charge is -2.27. The summed E-state index contributed by atoms with van der Waals surface area (Å²) in [6.45, 7) is -1.20. The zero-order valence-electron chi connectivity index (χ0n) is 32.5. The van der Waals surface area contributed by atoms with Crippen molar-refractivity contribution < 1.29 is 38.3 Å². The maximum Gasteiger partial charge on any atom is 0.245 e. The van der Waals surface area contributed by atoms with Gasteiger partial charge in [-0.1, -0.05) is 91.0 Å². The molecule has 0 radical (unpaired) electrons. The zero-order chi connectivity index (χ0) is 43.2. The highest BCUT2D eigenvalue weighted by Crippen LogP contribution is 2.10. The van der Waals surface area contributed by atoms with Crippen LogP contribution >= 0.6 is 0 Å². The van der Waals surface area contributed by atoms with Gasteiger partial charge in [-0.25, -0.2) is 4.39 Å². The molecule has 3 aromatic rings. The topological polar surface area (TPSA) is 299 Å². The Labute approximate surface area is 341 Å². The van der Waals surface area contributed by atoms with E-state index in [1.807, 2.05) is 0 Å². The van der Waals surface area contributed by atoms with Crippen molar-refractivity contribution in [1.82, 2.24) is 26.6 Å². The Hall–Kier alpha value is -6.66. The van der Waals surface area contributed by atoms with E-state index in [0.717, 1.165) is 11.6 Å². The summed E-state index contributed by atoms with van der Waals surface area (Å²) < 4.78 is 13.6. The summed E-state index contributed by atoms with van der Waals surface area (Å²) in [5, 5.41) is 23.1. The number of nitrogens with zero attached hydrogens (tertiary/aromatic N) is 1. The number of carbonyl (C=O) groups is 6. The molecule has 59 heavy (non-hydrogen) atoms. The molecule has 0 saturated carbocycles. The fourth-order valence-corrected chi connectivity index (χ4v) is 5.79. The van der Waals surface area contributed by atoms with Crippen molar-refractivity contribution in [2.24, 2.45) is 27.9 Å². The highest BCUT2D eigenvalue weighted by molar-refractivity contribution is 5.96. The first-order valence-electron chi connectivity index (χ1n) is 18.9. The molecule has 0 bridgehead atoms. The number of aliphatic hydroxyl groups is 1. The molecule has 0 unspecified atom stereocenters. The van der Waals surface area contributed by atoms with E-state index in [4.69, 9.17) is 22.9 Å². The van der Waals surface area contributed by atoms with Crippen LogP contribution in [0.3, 0.4) is 0 Å². The zero-order valence-corrected chi connectivity index (χ0v) is 32.5. The number of primary amides is 1. The molecule has 18 heteroatoms. The lowest BCUT2D eigenvalue weighted by molar-refractivity contribution is -0.135. The van der Waals surface area contributed by atoms with Crippen LogP contribution in [-0.4, -0.2) is 96.4 Å². The highest BCUT2D eigenvalue weighted by atomic mass is 19.1. The summed E-state index contributed by atoms with van der Waals surface area (Å²) in [6, 6.07) is 19.5. The van der Waals surface area contributed by atoms with Crippen molar-refractivity contribution in [3.8, 4) is 0 Å². The number of hydrogen-bond donors (Lipinski definition) is 10. The Balaban J connectivity index is 1.84. The smallest absolute Gasteiger partial charge is 0.245 e. The van der Waals surface area contributed by atoms with Crippen molar-refractivity contribution in [1.29, 1.82) is 0 Å². The minimum absolute atomic E-state index is 0.00960. The van der Waals surface area contributed by atoms with E-state index >= 15 is 0 Å². The highest BCUT2D eigenvalue weighted by Gasteiger charge is 2.32. The van der Waals surface area contributed by atoms with E-state index in [9.17, 15) is 38.3 Å². The number of aliphatic hydroxyl groups excluding tert-OH is 1. The summed E-state index contributed by atoms with van der Waals surface area (Å²) >= 11 is 0. The van der Waals surface area contributed by atoms with Gasteiger partial charge >= 0.3 is 0 Å². The van der Waals surface area contributed by atoms with Gasteiger partial charge in [-0.2, -0.15) is 0 Å². The Morgan fingerprint density at radius 1 is 0.610 bits per heavy atom. The number of nitrogens with two attached hydrogens (primary N) is 4. The van der Waals surface area contributed by atoms with E-state index in [0.29, 0.717) is 11.1 Å². The second-order valence-corrected chi connectivity index (χ2v) is 13.5. The van der Waals surface area contributed by atoms with Gasteiger partial charge in [0.05, 0.1) is 6.61 Å². The predicted molar refractivity (Wildman–Crippen MR) is 219 cm³/mol. The van der Waals surface area contributed by atoms with Crippen LogP contribution in [-0.2, 0) is 48.0 Å². The van der Waals surface area contributed by atoms with E-state index in [2.05, 4.69) is 31.6 Å². The van der Waals surface area contributed by atoms with Crippen LogP contribution in [0.15, 0.2) is 108 Å². The molecule has 14 N–H and O–H groups in total. The van der Waals surface area contributed by atoms with Gasteiger partial charge in [0.25, 0.3) is 0 Å². The molecule has 6 amide bonds. The summed E-state index contributed by atoms with van der Waals surface area (Å²) in [5.74, 6) is -5.74. The van der Waals surface area contributed by atoms with Crippen molar-refractivity contribution in [2.75, 3.05) is 19.7 Å². The Morgan fingerprint density at radius 2 is 1.02 bits per heavy atom. The second kappa shape index (κ2) is 24.9. The number of halogens is 1. The van der Waals surface area contributed by atoms with Gasteiger partial charge in [-0.3, -0.25) is 33.8 Å². The largest absolute Gasteiger partial charge is 0.394 e. The molecule has 0 aliphatic heterocycles. The standard InChI is InChI=1S/C41H53FN10O7/c42-29(24-43)18-19-35(54)48-32(22-27-13-6-2-7-14-27)38(57)52-34(25-53)40(59)51-33(23-28-15-8-3-9-16-28)39(58)49-30(17-10-20-47-41(45)46)37(56)50-31(36(44)55)21-26-11-4-1-5-12-26/h1-9,11-16,18,30-34,53H,10,17,19-25,43H2,(H2,44,55)(H,48,54)(H,49,58)(H,50,56)(H,51,59)(H,52,57)(H4,45,46,47)/b29-18+/t30-,31-,32-,33-,34-/m0/s1. The fraction of sp³-hybridized carbons (Fsp3) is 0.341. The molecule has 316 valence electrons. The summed E-state index contributed by atoms with van der Waals surface area (Å²) in [5.41, 5.74) is 23.8. The Kier molecular flexibility index (Phi) is 19.7. The first kappa shape index (κ1) is 46.7. The molecule has 5 atom stereocenters. The molecular formula is C41H53FN10O7. The average Bonchev–Trinajstić information content (AvgIpc) is 3.22. The van der Waals surface area contributed by atoms with Gasteiger partial charge < -0.3 is 54.6 Å². The quantitative estimate of drug-likeness (QED) is 0.0295. The second-order valence-electron chi connectivity index (χ2n) is 13.5. The van der Waals surface area contributed by atoms with E-state index < -0.39 is 91.1 Å². The normalized spacial score (nSPS) is 13.6. The number of amides is 6. The van der Waals surface area contributed by atoms with Crippen LogP contribution in [0.1, 0.15) is 36.0 Å². The Bertz CT molecular complexity index is 1900. The van der Waals surface area contributed by atoms with Gasteiger partial charge in [-0.15, -0.1) is 0 Å². The van der Waals surface area contributed by atoms with Gasteiger partial charge in [0.2, 0.25) is 35.4 Å². The molecule has 0 aliphatic rings. The number of nitrogens with one attached hydrogen (secondary N) is 5. The Morgan fingerprint density at radius 3 is 1.47 bits per heavy atom. The lowest BCUT2D eigenvalue weighted by Crippen LogP contribution is -2.60. The first-order valence-corrected chi connectivity index (χ1v) is 18.9. The summed E-state index contributed by atoms with van der Waals surface area (Å²) in [6.07, 6.45) is 0.786. The van der Waals surface area contributed by atoms with Crippen LogP contribution in [0.4, 0.5) is 4.39 Å². The van der Waals surface area contributed by atoms with Crippen LogP contribution < -0.4 is 49.5 Å². The third kappa shape index (κ3) is 17.2. The predicted octanol–water partition coefficient (Wildman–Crippen LogP) is -1.13. The minimum Gasteiger partial charge on any atom is -0.394 e. The van der Waals surface area contributed by atoms with Crippen molar-refractivity contribution in [3.05, 3.63) is 120 Å². The molecule has 3 rings (SSSR count). The molecule has 0 aliphatic carbocycles. The van der Waals surface area contributed by atoms with Crippen molar-refractivity contribution >= 4 is 41.4 Å². The van der Waals surface area contributed by atoms with Gasteiger partial charge in [0, 0.05) is 38.8 Å². The van der Waals surface area contributed by atoms with Crippen LogP contribution in [0.25, 0.3) is 0 Å². The van der Waals surface area contributed by atoms with Gasteiger partial charge in [0.1, 0.15) is 36.0 Å². The third-order valence-corrected chi connectivity index (χ3v) is 8.89. The van der Waals surface area contributed by atoms with Crippen molar-refractivity contribution in [2.45, 2.75) is 68.7 Å². The number of benzene rings is 3. The molecular weight excluding hydrogens is 764 g/mol. The number of rotatable bonds is 24. The first-order chi connectivity index (χ1) is 28.3. The number of hydrogen-bond acceptors (Lipinski definition) is 9. The van der Waals surface area contributed by atoms with Crippen LogP contribution in [0.2, 0.25) is 0 Å². The maximum absolute atomic E-state index is 14.0. The van der Waals surface area contributed by atoms with Crippen LogP contribution in [0.5, 0.6) is 0 Å². The molecule has 17 nitrogen and oxygen atoms in total. The number of carbonyl (C=O) groups excluding carboxylic acids is 6. The van der Waals surface area contributed by atoms with Crippen LogP contribution in [0, 0.1) is 0 Å². The molecule has 0 aromatic heterocycles. The SMILES string of the molecule is NC/C(F)=C\CC(=O)N[C@@H](Cc1ccccc1)C(=O)N[C@@H](CO)C(=O)N[C@@H](Cc1ccccc1)C(=O)N[C@@H](CCCN=C(N)N)C(=O)N[C@@H](Cc1ccccc1)C(N)=O. The van der Waals surface area contributed by atoms with E-state index in [-0.39, 0.29) is 44.6 Å². The summed E-state index contributed by atoms with van der Waals surface area (Å²) in [4.78, 5) is 84.1. The van der Waals surface area contributed by atoms with Crippen molar-refractivity contribution in [3.63, 3.8) is 0 Å². The van der Waals surface area contributed by atoms with E-state index in [1.54, 1.807) is 91.0 Å². The average molecular weight is 817 g/mol. The maximum atomic E-state index is 14.0.